The molecule has 0 spiro atoms. The van der Waals surface area contributed by atoms with Crippen LogP contribution in [0.1, 0.15) is 27.9 Å². The Bertz CT molecular complexity index is 1210. The number of hydroxylamine groups is 1. The molecule has 3 aliphatic carbocycles. The molecular formula is C23H25F2N3O8. The number of hydrogen-bond acceptors (Lipinski definition) is 10. The van der Waals surface area contributed by atoms with Gasteiger partial charge in [-0.2, -0.15) is 5.48 Å². The van der Waals surface area contributed by atoms with E-state index in [1.54, 1.807) is 0 Å². The van der Waals surface area contributed by atoms with E-state index >= 15 is 0 Å². The molecule has 13 heteroatoms. The summed E-state index contributed by atoms with van der Waals surface area (Å²) in [6, 6.07) is 1.55. The molecule has 3 aliphatic rings. The molecule has 0 heterocycles. The van der Waals surface area contributed by atoms with Crippen LogP contribution in [0.5, 0.6) is 5.75 Å². The number of aromatic hydroxyl groups is 1. The van der Waals surface area contributed by atoms with Crippen molar-refractivity contribution < 1.29 is 48.4 Å². The van der Waals surface area contributed by atoms with Crippen molar-refractivity contribution in [2.75, 3.05) is 13.7 Å². The van der Waals surface area contributed by atoms with E-state index in [-0.39, 0.29) is 30.5 Å². The number of halogens is 2. The van der Waals surface area contributed by atoms with Crippen LogP contribution in [0.2, 0.25) is 0 Å². The minimum atomic E-state index is -2.72. The van der Waals surface area contributed by atoms with Crippen LogP contribution in [0, 0.1) is 11.8 Å². The smallest absolute Gasteiger partial charge is 0.263 e. The molecule has 0 unspecified atom stereocenters. The Morgan fingerprint density at radius 1 is 1.28 bits per heavy atom. The van der Waals surface area contributed by atoms with Gasteiger partial charge in [0.25, 0.3) is 12.3 Å². The standard InChI is InChI=1S/C23H25F2N3O8/c1-27-17-11-5-9-4-10-8(6-28-36-7-13(24)25)2-3-12(29)15(10)18(30)14(9)20(32)23(11,35)21(33)16(19(17)31)22(26)34/h2-3,9,11,13,17,27-29,31-32,35H,4-7H2,1H3,(H2,26,34)/t9-,11-,17+,23-/m0/s1. The van der Waals surface area contributed by atoms with E-state index in [0.29, 0.717) is 11.1 Å². The number of ketones is 2. The lowest BCUT2D eigenvalue weighted by molar-refractivity contribution is -0.146. The second kappa shape index (κ2) is 9.24. The molecule has 36 heavy (non-hydrogen) atoms. The van der Waals surface area contributed by atoms with Gasteiger partial charge >= 0.3 is 0 Å². The van der Waals surface area contributed by atoms with E-state index < -0.39 is 76.8 Å². The lowest BCUT2D eigenvalue weighted by atomic mass is 9.58. The highest BCUT2D eigenvalue weighted by molar-refractivity contribution is 6.24. The van der Waals surface area contributed by atoms with Gasteiger partial charge in [0.05, 0.1) is 11.6 Å². The number of carbonyl (C=O) groups is 3. The average Bonchev–Trinajstić information content (AvgIpc) is 2.80. The van der Waals surface area contributed by atoms with Crippen LogP contribution in [0.15, 0.2) is 34.8 Å². The average molecular weight is 509 g/mol. The Morgan fingerprint density at radius 3 is 2.58 bits per heavy atom. The van der Waals surface area contributed by atoms with Crippen LogP contribution in [0.3, 0.4) is 0 Å². The van der Waals surface area contributed by atoms with E-state index in [9.17, 15) is 43.6 Å². The van der Waals surface area contributed by atoms with Crippen LogP contribution in [0.4, 0.5) is 8.78 Å². The zero-order valence-corrected chi connectivity index (χ0v) is 19.0. The quantitative estimate of drug-likeness (QED) is 0.150. The van der Waals surface area contributed by atoms with Crippen LogP contribution < -0.4 is 16.5 Å². The maximum absolute atomic E-state index is 13.5. The van der Waals surface area contributed by atoms with Gasteiger partial charge in [0.2, 0.25) is 5.78 Å². The molecule has 4 rings (SSSR count). The molecule has 0 aromatic heterocycles. The molecule has 0 radical (unpaired) electrons. The molecule has 0 aliphatic heterocycles. The molecule has 1 amide bonds. The molecule has 194 valence electrons. The summed E-state index contributed by atoms with van der Waals surface area (Å²) >= 11 is 0. The van der Waals surface area contributed by atoms with Crippen molar-refractivity contribution in [2.24, 2.45) is 17.6 Å². The van der Waals surface area contributed by atoms with Crippen molar-refractivity contribution in [3.63, 3.8) is 0 Å². The molecule has 4 atom stereocenters. The zero-order chi connectivity index (χ0) is 26.5. The minimum absolute atomic E-state index is 0.0706. The molecule has 0 bridgehead atoms. The fourth-order valence-corrected chi connectivity index (χ4v) is 5.49. The van der Waals surface area contributed by atoms with Crippen molar-refractivity contribution in [1.82, 2.24) is 10.8 Å². The van der Waals surface area contributed by atoms with Crippen LogP contribution in [-0.2, 0) is 27.4 Å². The topological polar surface area (TPSA) is 191 Å². The third-order valence-corrected chi connectivity index (χ3v) is 7.07. The van der Waals surface area contributed by atoms with Crippen molar-refractivity contribution in [3.8, 4) is 5.75 Å². The van der Waals surface area contributed by atoms with Gasteiger partial charge in [-0.3, -0.25) is 19.2 Å². The molecule has 11 nitrogen and oxygen atoms in total. The maximum atomic E-state index is 13.5. The van der Waals surface area contributed by atoms with E-state index in [0.717, 1.165) is 0 Å². The predicted molar refractivity (Wildman–Crippen MR) is 118 cm³/mol. The first-order valence-corrected chi connectivity index (χ1v) is 11.1. The second-order valence-corrected chi connectivity index (χ2v) is 8.94. The summed E-state index contributed by atoms with van der Waals surface area (Å²) in [7, 11) is 1.41. The third-order valence-electron chi connectivity index (χ3n) is 7.07. The number of rotatable bonds is 7. The SMILES string of the molecule is CN[C@H]1C(O)=C(C(N)=O)C(=O)[C@@]2(O)C(O)=C3C(=O)c4c(O)ccc(CNOCC(F)F)c4C[C@H]3C[C@@H]12. The molecule has 1 aromatic carbocycles. The van der Waals surface area contributed by atoms with Crippen molar-refractivity contribution in [2.45, 2.75) is 37.5 Å². The number of alkyl halides is 2. The summed E-state index contributed by atoms with van der Waals surface area (Å²) in [5, 5.41) is 46.3. The fourth-order valence-electron chi connectivity index (χ4n) is 5.49. The highest BCUT2D eigenvalue weighted by Gasteiger charge is 2.62. The monoisotopic (exact) mass is 509 g/mol. The number of aliphatic hydroxyl groups excluding tert-OH is 2. The van der Waals surface area contributed by atoms with Gasteiger partial charge in [-0.25, -0.2) is 8.78 Å². The highest BCUT2D eigenvalue weighted by atomic mass is 19.3. The lowest BCUT2D eigenvalue weighted by Crippen LogP contribution is -2.63. The Labute approximate surface area is 203 Å². The number of Topliss-reactive ketones (excluding diaryl/α,β-unsaturated/α-hetero) is 2. The Kier molecular flexibility index (Phi) is 6.60. The summed E-state index contributed by atoms with van der Waals surface area (Å²) in [5.74, 6) is -7.47. The minimum Gasteiger partial charge on any atom is -0.510 e. The summed E-state index contributed by atoms with van der Waals surface area (Å²) in [5.41, 5.74) is 4.38. The molecule has 0 fully saturated rings. The maximum Gasteiger partial charge on any atom is 0.263 e. The van der Waals surface area contributed by atoms with Crippen LogP contribution in [-0.4, -0.2) is 69.6 Å². The van der Waals surface area contributed by atoms with Crippen molar-refractivity contribution >= 4 is 17.5 Å². The largest absolute Gasteiger partial charge is 0.510 e. The number of aliphatic hydroxyl groups is 3. The summed E-state index contributed by atoms with van der Waals surface area (Å²) in [6.07, 6.45) is -2.69. The number of benzene rings is 1. The lowest BCUT2D eigenvalue weighted by Gasteiger charge is -2.48. The number of phenols is 1. The number of carbonyl (C=O) groups excluding carboxylic acids is 3. The Balaban J connectivity index is 1.80. The Hall–Kier alpha value is -3.39. The van der Waals surface area contributed by atoms with E-state index in [1.807, 2.05) is 0 Å². The first-order valence-electron chi connectivity index (χ1n) is 11.1. The van der Waals surface area contributed by atoms with E-state index in [4.69, 9.17) is 10.6 Å². The van der Waals surface area contributed by atoms with Gasteiger partial charge < -0.3 is 31.5 Å². The molecule has 0 saturated carbocycles. The second-order valence-electron chi connectivity index (χ2n) is 8.94. The Morgan fingerprint density at radius 2 is 1.97 bits per heavy atom. The molecule has 0 saturated heterocycles. The van der Waals surface area contributed by atoms with Gasteiger partial charge in [-0.05, 0) is 43.0 Å². The number of nitrogens with two attached hydrogens (primary N) is 1. The van der Waals surface area contributed by atoms with Crippen molar-refractivity contribution in [1.29, 1.82) is 0 Å². The van der Waals surface area contributed by atoms with E-state index in [2.05, 4.69) is 10.8 Å². The number of allylic oxidation sites excluding steroid dienone is 1. The number of likely N-dealkylation sites (N-methyl/N-ethyl adjacent to an activating group) is 1. The molecule has 1 aromatic rings. The number of nitrogens with one attached hydrogen (secondary N) is 2. The first-order chi connectivity index (χ1) is 16.9. The molecular weight excluding hydrogens is 484 g/mol. The van der Waals surface area contributed by atoms with Gasteiger partial charge in [0.1, 0.15) is 29.4 Å². The number of fused-ring (bicyclic) bond motifs is 3. The number of phenolic OH excluding ortho intramolecular Hbond substituents is 1. The van der Waals surface area contributed by atoms with Gasteiger partial charge in [0.15, 0.2) is 11.4 Å². The first kappa shape index (κ1) is 25.7. The summed E-state index contributed by atoms with van der Waals surface area (Å²) in [6.45, 7) is -0.927. The highest BCUT2D eigenvalue weighted by Crippen LogP contribution is 2.51. The zero-order valence-electron chi connectivity index (χ0n) is 19.0. The van der Waals surface area contributed by atoms with Crippen LogP contribution in [0.25, 0.3) is 0 Å². The summed E-state index contributed by atoms with van der Waals surface area (Å²) in [4.78, 5) is 43.2. The number of amides is 1. The van der Waals surface area contributed by atoms with Gasteiger partial charge in [-0.1, -0.05) is 6.07 Å². The number of hydrogen-bond donors (Lipinski definition) is 7. The molecule has 8 N–H and O–H groups in total. The summed E-state index contributed by atoms with van der Waals surface area (Å²) < 4.78 is 24.7. The van der Waals surface area contributed by atoms with Crippen LogP contribution >= 0.6 is 0 Å². The van der Waals surface area contributed by atoms with Gasteiger partial charge in [-0.15, -0.1) is 0 Å². The number of primary amides is 1. The van der Waals surface area contributed by atoms with Crippen molar-refractivity contribution in [3.05, 3.63) is 51.5 Å². The van der Waals surface area contributed by atoms with E-state index in [1.165, 1.54) is 19.2 Å². The van der Waals surface area contributed by atoms with Gasteiger partial charge in [0, 0.05) is 18.0 Å². The third kappa shape index (κ3) is 3.75. The predicted octanol–water partition coefficient (Wildman–Crippen LogP) is 0.0647. The normalized spacial score (nSPS) is 27.8. The fraction of sp³-hybridized carbons (Fsp3) is 0.435.